The minimum absolute atomic E-state index is 0.231. The summed E-state index contributed by atoms with van der Waals surface area (Å²) in [6, 6.07) is 0. The van der Waals surface area contributed by atoms with Gasteiger partial charge in [0, 0.05) is 0 Å². The van der Waals surface area contributed by atoms with E-state index in [4.69, 9.17) is 9.15 Å². The van der Waals surface area contributed by atoms with Crippen LogP contribution in [0.5, 0.6) is 6.08 Å². The number of aromatic nitrogens is 1. The van der Waals surface area contributed by atoms with Gasteiger partial charge in [0.2, 0.25) is 0 Å². The number of ether oxygens (including phenoxy) is 1. The second-order valence-corrected chi connectivity index (χ2v) is 3.01. The first-order valence-corrected chi connectivity index (χ1v) is 3.16. The van der Waals surface area contributed by atoms with Crippen molar-refractivity contribution in [2.75, 3.05) is 0 Å². The van der Waals surface area contributed by atoms with Gasteiger partial charge in [-0.15, -0.1) is 0 Å². The Labute approximate surface area is 60.0 Å². The largest absolute Gasteiger partial charge is 0.444 e. The molecule has 0 fully saturated rings. The standard InChI is InChI=1S/C7H11NO2/c1-7(2,3)10-6-8-4-5-9-6/h4-5H,1-3H3. The fourth-order valence-corrected chi connectivity index (χ4v) is 0.523. The molecule has 0 amide bonds. The number of oxazole rings is 1. The van der Waals surface area contributed by atoms with Crippen molar-refractivity contribution in [3.63, 3.8) is 0 Å². The maximum absolute atomic E-state index is 5.26. The molecular weight excluding hydrogens is 130 g/mol. The molecule has 1 heterocycles. The van der Waals surface area contributed by atoms with E-state index < -0.39 is 0 Å². The summed E-state index contributed by atoms with van der Waals surface area (Å²) < 4.78 is 10.1. The van der Waals surface area contributed by atoms with Crippen LogP contribution in [0.15, 0.2) is 16.9 Å². The molecule has 10 heavy (non-hydrogen) atoms. The molecule has 0 bridgehead atoms. The lowest BCUT2D eigenvalue weighted by Gasteiger charge is -2.16. The highest BCUT2D eigenvalue weighted by Gasteiger charge is 2.13. The Balaban J connectivity index is 2.57. The SMILES string of the molecule is CC(C)(C)Oc1ncco1. The molecule has 0 aliphatic rings. The lowest BCUT2D eigenvalue weighted by Crippen LogP contribution is -2.22. The van der Waals surface area contributed by atoms with Gasteiger partial charge in [0.15, 0.2) is 0 Å². The summed E-state index contributed by atoms with van der Waals surface area (Å²) in [5, 5.41) is 0. The molecule has 0 aliphatic carbocycles. The average molecular weight is 141 g/mol. The molecule has 0 radical (unpaired) electrons. The molecular formula is C7H11NO2. The lowest BCUT2D eigenvalue weighted by molar-refractivity contribution is 0.0874. The van der Waals surface area contributed by atoms with Gasteiger partial charge in [-0.2, -0.15) is 4.98 Å². The van der Waals surface area contributed by atoms with Crippen LogP contribution >= 0.6 is 0 Å². The molecule has 0 aromatic carbocycles. The first-order valence-electron chi connectivity index (χ1n) is 3.16. The fraction of sp³-hybridized carbons (Fsp3) is 0.571. The van der Waals surface area contributed by atoms with Crippen molar-refractivity contribution in [3.8, 4) is 6.08 Å². The van der Waals surface area contributed by atoms with E-state index in [9.17, 15) is 0 Å². The predicted octanol–water partition coefficient (Wildman–Crippen LogP) is 1.85. The maximum atomic E-state index is 5.26. The van der Waals surface area contributed by atoms with Crippen LogP contribution in [0.1, 0.15) is 20.8 Å². The summed E-state index contributed by atoms with van der Waals surface area (Å²) in [7, 11) is 0. The molecule has 56 valence electrons. The highest BCUT2D eigenvalue weighted by molar-refractivity contribution is 4.87. The van der Waals surface area contributed by atoms with Gasteiger partial charge in [0.1, 0.15) is 11.9 Å². The van der Waals surface area contributed by atoms with E-state index in [1.54, 1.807) is 6.20 Å². The van der Waals surface area contributed by atoms with Gasteiger partial charge in [-0.25, -0.2) is 0 Å². The zero-order valence-corrected chi connectivity index (χ0v) is 6.42. The molecule has 0 atom stereocenters. The molecule has 0 saturated carbocycles. The van der Waals surface area contributed by atoms with E-state index in [1.165, 1.54) is 6.26 Å². The van der Waals surface area contributed by atoms with E-state index in [0.717, 1.165) is 0 Å². The zero-order chi connectivity index (χ0) is 7.61. The summed E-state index contributed by atoms with van der Waals surface area (Å²) in [5.41, 5.74) is -0.231. The highest BCUT2D eigenvalue weighted by Crippen LogP contribution is 2.13. The number of rotatable bonds is 1. The zero-order valence-electron chi connectivity index (χ0n) is 6.42. The van der Waals surface area contributed by atoms with E-state index in [2.05, 4.69) is 4.98 Å². The van der Waals surface area contributed by atoms with Gasteiger partial charge in [-0.1, -0.05) is 0 Å². The molecule has 1 aromatic rings. The smallest absolute Gasteiger partial charge is 0.393 e. The average Bonchev–Trinajstić information content (AvgIpc) is 2.12. The lowest BCUT2D eigenvalue weighted by atomic mass is 10.2. The van der Waals surface area contributed by atoms with Crippen LogP contribution in [0, 0.1) is 0 Å². The van der Waals surface area contributed by atoms with Gasteiger partial charge < -0.3 is 9.15 Å². The third-order valence-corrected chi connectivity index (χ3v) is 0.803. The van der Waals surface area contributed by atoms with Gasteiger partial charge >= 0.3 is 6.08 Å². The van der Waals surface area contributed by atoms with Gasteiger partial charge in [-0.3, -0.25) is 0 Å². The topological polar surface area (TPSA) is 35.3 Å². The monoisotopic (exact) mass is 141 g/mol. The van der Waals surface area contributed by atoms with Crippen LogP contribution < -0.4 is 4.74 Å². The second kappa shape index (κ2) is 2.33. The number of hydrogen-bond donors (Lipinski definition) is 0. The Morgan fingerprint density at radius 2 is 2.20 bits per heavy atom. The Morgan fingerprint density at radius 3 is 2.60 bits per heavy atom. The van der Waals surface area contributed by atoms with Crippen molar-refractivity contribution in [1.29, 1.82) is 0 Å². The third kappa shape index (κ3) is 2.09. The van der Waals surface area contributed by atoms with Crippen molar-refractivity contribution in [2.24, 2.45) is 0 Å². The molecule has 0 unspecified atom stereocenters. The molecule has 0 N–H and O–H groups in total. The van der Waals surface area contributed by atoms with E-state index in [-0.39, 0.29) is 5.60 Å². The Kier molecular flexibility index (Phi) is 1.66. The number of nitrogens with zero attached hydrogens (tertiary/aromatic N) is 1. The minimum Gasteiger partial charge on any atom is -0.444 e. The first-order chi connectivity index (χ1) is 4.58. The quantitative estimate of drug-likeness (QED) is 0.598. The van der Waals surface area contributed by atoms with Gasteiger partial charge in [0.25, 0.3) is 0 Å². The Bertz CT molecular complexity index is 186. The van der Waals surface area contributed by atoms with Crippen molar-refractivity contribution in [3.05, 3.63) is 12.5 Å². The molecule has 1 rings (SSSR count). The van der Waals surface area contributed by atoms with Crippen LogP contribution in [0.2, 0.25) is 0 Å². The second-order valence-electron chi connectivity index (χ2n) is 3.01. The summed E-state index contributed by atoms with van der Waals surface area (Å²) in [4.78, 5) is 3.81. The van der Waals surface area contributed by atoms with Crippen LogP contribution in [0.25, 0.3) is 0 Å². The van der Waals surface area contributed by atoms with Crippen LogP contribution in [-0.2, 0) is 0 Å². The van der Waals surface area contributed by atoms with Crippen molar-refractivity contribution in [1.82, 2.24) is 4.98 Å². The highest BCUT2D eigenvalue weighted by atomic mass is 16.6. The predicted molar refractivity (Wildman–Crippen MR) is 36.9 cm³/mol. The van der Waals surface area contributed by atoms with E-state index in [1.807, 2.05) is 20.8 Å². The summed E-state index contributed by atoms with van der Waals surface area (Å²) in [6.07, 6.45) is 3.37. The van der Waals surface area contributed by atoms with Crippen molar-refractivity contribution >= 4 is 0 Å². The van der Waals surface area contributed by atoms with Crippen LogP contribution in [0.3, 0.4) is 0 Å². The van der Waals surface area contributed by atoms with Gasteiger partial charge in [0.05, 0.1) is 6.20 Å². The van der Waals surface area contributed by atoms with Crippen molar-refractivity contribution in [2.45, 2.75) is 26.4 Å². The third-order valence-electron chi connectivity index (χ3n) is 0.803. The van der Waals surface area contributed by atoms with Gasteiger partial charge in [-0.05, 0) is 20.8 Å². The van der Waals surface area contributed by atoms with Crippen molar-refractivity contribution < 1.29 is 9.15 Å². The van der Waals surface area contributed by atoms with E-state index >= 15 is 0 Å². The molecule has 3 nitrogen and oxygen atoms in total. The Hall–Kier alpha value is -0.990. The molecule has 0 aliphatic heterocycles. The summed E-state index contributed by atoms with van der Waals surface area (Å²) >= 11 is 0. The summed E-state index contributed by atoms with van der Waals surface area (Å²) in [6.45, 7) is 5.82. The minimum atomic E-state index is -0.231. The summed E-state index contributed by atoms with van der Waals surface area (Å²) in [5.74, 6) is 0. The normalized spacial score (nSPS) is 11.5. The first kappa shape index (κ1) is 7.12. The maximum Gasteiger partial charge on any atom is 0.393 e. The molecule has 1 aromatic heterocycles. The number of hydrogen-bond acceptors (Lipinski definition) is 3. The van der Waals surface area contributed by atoms with Crippen LogP contribution in [0.4, 0.5) is 0 Å². The molecule has 0 saturated heterocycles. The fourth-order valence-electron chi connectivity index (χ4n) is 0.523. The Morgan fingerprint density at radius 1 is 1.50 bits per heavy atom. The van der Waals surface area contributed by atoms with E-state index in [0.29, 0.717) is 6.08 Å². The van der Waals surface area contributed by atoms with Crippen LogP contribution in [-0.4, -0.2) is 10.6 Å². The molecule has 3 heteroatoms. The molecule has 0 spiro atoms.